The zero-order valence-corrected chi connectivity index (χ0v) is 10.5. The van der Waals surface area contributed by atoms with Crippen molar-refractivity contribution in [2.75, 3.05) is 13.2 Å². The lowest BCUT2D eigenvalue weighted by Crippen LogP contribution is -2.13. The Balaban J connectivity index is 2.25. The van der Waals surface area contributed by atoms with Crippen LogP contribution in [0.2, 0.25) is 0 Å². The average Bonchev–Trinajstić information content (AvgIpc) is 2.36. The highest BCUT2D eigenvalue weighted by Gasteiger charge is 1.99. The summed E-state index contributed by atoms with van der Waals surface area (Å²) < 4.78 is 11.0. The lowest BCUT2D eigenvalue weighted by Gasteiger charge is -2.11. The Kier molecular flexibility index (Phi) is 6.13. The summed E-state index contributed by atoms with van der Waals surface area (Å²) >= 11 is 0. The van der Waals surface area contributed by atoms with Gasteiger partial charge in [0.15, 0.2) is 0 Å². The van der Waals surface area contributed by atoms with Gasteiger partial charge >= 0.3 is 0 Å². The Morgan fingerprint density at radius 1 is 1.24 bits per heavy atom. The average molecular weight is 233 g/mol. The molecule has 0 bridgehead atoms. The van der Waals surface area contributed by atoms with Gasteiger partial charge in [-0.1, -0.05) is 19.1 Å². The fourth-order valence-corrected chi connectivity index (χ4v) is 1.32. The van der Waals surface area contributed by atoms with Gasteiger partial charge in [0, 0.05) is 0 Å². The van der Waals surface area contributed by atoms with E-state index in [1.807, 2.05) is 24.3 Å². The van der Waals surface area contributed by atoms with E-state index < -0.39 is 0 Å². The minimum atomic E-state index is 0.289. The molecule has 0 aliphatic carbocycles. The molecule has 92 valence electrons. The smallest absolute Gasteiger partial charge is 0.119 e. The molecule has 3 heteroatoms. The van der Waals surface area contributed by atoms with Gasteiger partial charge in [-0.2, -0.15) is 5.26 Å². The van der Waals surface area contributed by atoms with Crippen molar-refractivity contribution in [2.45, 2.75) is 32.8 Å². The Bertz CT molecular complexity index is 353. The minimum Gasteiger partial charge on any atom is -0.491 e. The Morgan fingerprint density at radius 2 is 1.94 bits per heavy atom. The van der Waals surface area contributed by atoms with Crippen molar-refractivity contribution in [1.29, 1.82) is 5.26 Å². The van der Waals surface area contributed by atoms with E-state index in [2.05, 4.69) is 19.9 Å². The van der Waals surface area contributed by atoms with Gasteiger partial charge in [-0.25, -0.2) is 0 Å². The van der Waals surface area contributed by atoms with Gasteiger partial charge in [-0.05, 0) is 31.0 Å². The maximum Gasteiger partial charge on any atom is 0.119 e. The molecule has 0 aromatic heterocycles. The monoisotopic (exact) mass is 233 g/mol. The van der Waals surface area contributed by atoms with E-state index in [9.17, 15) is 0 Å². The summed E-state index contributed by atoms with van der Waals surface area (Å²) in [6.45, 7) is 5.31. The van der Waals surface area contributed by atoms with Crippen LogP contribution in [0.5, 0.6) is 5.75 Å². The number of nitrogens with zero attached hydrogens (tertiary/aromatic N) is 1. The Hall–Kier alpha value is -1.53. The van der Waals surface area contributed by atoms with Gasteiger partial charge in [0.25, 0.3) is 0 Å². The Labute approximate surface area is 103 Å². The van der Waals surface area contributed by atoms with Crippen LogP contribution in [0.1, 0.15) is 25.8 Å². The van der Waals surface area contributed by atoms with Crippen LogP contribution in [-0.4, -0.2) is 19.3 Å². The van der Waals surface area contributed by atoms with E-state index in [-0.39, 0.29) is 6.10 Å². The van der Waals surface area contributed by atoms with Crippen molar-refractivity contribution in [3.8, 4) is 11.8 Å². The molecule has 0 heterocycles. The fraction of sp³-hybridized carbons (Fsp3) is 0.500. The Morgan fingerprint density at radius 3 is 2.53 bits per heavy atom. The van der Waals surface area contributed by atoms with Crippen LogP contribution in [0, 0.1) is 11.3 Å². The predicted molar refractivity (Wildman–Crippen MR) is 67.0 cm³/mol. The molecule has 1 aromatic rings. The summed E-state index contributed by atoms with van der Waals surface area (Å²) in [5, 5.41) is 8.54. The molecule has 0 radical (unpaired) electrons. The maximum atomic E-state index is 8.54. The van der Waals surface area contributed by atoms with Crippen LogP contribution < -0.4 is 4.74 Å². The summed E-state index contributed by atoms with van der Waals surface area (Å²) in [7, 11) is 0. The third kappa shape index (κ3) is 5.37. The van der Waals surface area contributed by atoms with Gasteiger partial charge in [-0.3, -0.25) is 0 Å². The zero-order valence-electron chi connectivity index (χ0n) is 10.5. The highest BCUT2D eigenvalue weighted by atomic mass is 16.5. The zero-order chi connectivity index (χ0) is 12.5. The number of ether oxygens (including phenoxy) is 2. The van der Waals surface area contributed by atoms with Crippen LogP contribution in [0.3, 0.4) is 0 Å². The van der Waals surface area contributed by atoms with Gasteiger partial charge in [0.05, 0.1) is 25.2 Å². The van der Waals surface area contributed by atoms with Crippen molar-refractivity contribution in [3.05, 3.63) is 29.8 Å². The second-order valence-electron chi connectivity index (χ2n) is 3.92. The van der Waals surface area contributed by atoms with E-state index in [1.54, 1.807) is 0 Å². The van der Waals surface area contributed by atoms with Gasteiger partial charge in [0.2, 0.25) is 0 Å². The van der Waals surface area contributed by atoms with Gasteiger partial charge in [0.1, 0.15) is 12.4 Å². The molecule has 0 N–H and O–H groups in total. The highest BCUT2D eigenvalue weighted by molar-refractivity contribution is 5.28. The molecule has 0 spiro atoms. The van der Waals surface area contributed by atoms with Crippen LogP contribution in [0.25, 0.3) is 0 Å². The molecule has 3 nitrogen and oxygen atoms in total. The molecular weight excluding hydrogens is 214 g/mol. The van der Waals surface area contributed by atoms with Crippen molar-refractivity contribution in [3.63, 3.8) is 0 Å². The summed E-state index contributed by atoms with van der Waals surface area (Å²) in [6.07, 6.45) is 1.75. The molecule has 0 aliphatic rings. The maximum absolute atomic E-state index is 8.54. The van der Waals surface area contributed by atoms with Crippen LogP contribution >= 0.6 is 0 Å². The lowest BCUT2D eigenvalue weighted by atomic mass is 10.2. The van der Waals surface area contributed by atoms with E-state index in [0.29, 0.717) is 19.6 Å². The van der Waals surface area contributed by atoms with E-state index in [4.69, 9.17) is 14.7 Å². The van der Waals surface area contributed by atoms with Crippen molar-refractivity contribution >= 4 is 0 Å². The lowest BCUT2D eigenvalue weighted by molar-refractivity contribution is 0.0427. The van der Waals surface area contributed by atoms with Crippen molar-refractivity contribution < 1.29 is 9.47 Å². The molecule has 0 fully saturated rings. The normalized spacial score (nSPS) is 11.8. The van der Waals surface area contributed by atoms with Crippen LogP contribution in [0.4, 0.5) is 0 Å². The fourth-order valence-electron chi connectivity index (χ4n) is 1.32. The molecule has 0 saturated heterocycles. The first kappa shape index (κ1) is 13.5. The van der Waals surface area contributed by atoms with Crippen LogP contribution in [0.15, 0.2) is 24.3 Å². The first-order valence-electron chi connectivity index (χ1n) is 5.96. The van der Waals surface area contributed by atoms with Gasteiger partial charge < -0.3 is 9.47 Å². The first-order chi connectivity index (χ1) is 8.26. The first-order valence-corrected chi connectivity index (χ1v) is 5.96. The summed E-state index contributed by atoms with van der Waals surface area (Å²) in [4.78, 5) is 0. The second-order valence-corrected chi connectivity index (χ2v) is 3.92. The summed E-state index contributed by atoms with van der Waals surface area (Å²) in [5.41, 5.74) is 1.01. The second kappa shape index (κ2) is 7.70. The van der Waals surface area contributed by atoms with Crippen molar-refractivity contribution in [2.24, 2.45) is 0 Å². The molecule has 0 amide bonds. The number of benzene rings is 1. The highest BCUT2D eigenvalue weighted by Crippen LogP contribution is 2.12. The molecule has 0 aliphatic heterocycles. The van der Waals surface area contributed by atoms with E-state index in [1.165, 1.54) is 0 Å². The number of rotatable bonds is 7. The number of hydrogen-bond acceptors (Lipinski definition) is 3. The van der Waals surface area contributed by atoms with Crippen molar-refractivity contribution in [1.82, 2.24) is 0 Å². The topological polar surface area (TPSA) is 42.2 Å². The van der Waals surface area contributed by atoms with E-state index in [0.717, 1.165) is 17.7 Å². The van der Waals surface area contributed by atoms with E-state index >= 15 is 0 Å². The standard InChI is InChI=1S/C14H19NO2/c1-3-12(2)16-10-11-17-14-6-4-13(5-7-14)8-9-15/h4-7,12H,3,8,10-11H2,1-2H3. The minimum absolute atomic E-state index is 0.289. The third-order valence-corrected chi connectivity index (χ3v) is 2.54. The molecular formula is C14H19NO2. The number of hydrogen-bond donors (Lipinski definition) is 0. The molecule has 0 saturated carbocycles. The quantitative estimate of drug-likeness (QED) is 0.680. The number of nitriles is 1. The molecule has 1 unspecified atom stereocenters. The summed E-state index contributed by atoms with van der Waals surface area (Å²) in [6, 6.07) is 9.71. The van der Waals surface area contributed by atoms with Crippen LogP contribution in [-0.2, 0) is 11.2 Å². The molecule has 1 atom stereocenters. The van der Waals surface area contributed by atoms with Gasteiger partial charge in [-0.15, -0.1) is 0 Å². The SMILES string of the molecule is CCC(C)OCCOc1ccc(CC#N)cc1. The molecule has 1 aromatic carbocycles. The largest absolute Gasteiger partial charge is 0.491 e. The predicted octanol–water partition coefficient (Wildman–Crippen LogP) is 2.95. The third-order valence-electron chi connectivity index (χ3n) is 2.54. The summed E-state index contributed by atoms with van der Waals surface area (Å²) in [5.74, 6) is 0.819. The molecule has 17 heavy (non-hydrogen) atoms. The molecule has 1 rings (SSSR count).